The minimum atomic E-state index is -0.109. The van der Waals surface area contributed by atoms with Crippen LogP contribution in [0.25, 0.3) is 10.6 Å². The molecule has 0 fully saturated rings. The summed E-state index contributed by atoms with van der Waals surface area (Å²) in [6.07, 6.45) is 1.72. The Morgan fingerprint density at radius 2 is 2.30 bits per heavy atom. The van der Waals surface area contributed by atoms with Crippen molar-refractivity contribution in [1.29, 1.82) is 0 Å². The third kappa shape index (κ3) is 2.79. The molecule has 0 saturated heterocycles. The molecule has 0 radical (unpaired) electrons. The van der Waals surface area contributed by atoms with Crippen molar-refractivity contribution >= 4 is 28.6 Å². The maximum absolute atomic E-state index is 12.4. The molecule has 118 valence electrons. The van der Waals surface area contributed by atoms with E-state index in [1.54, 1.807) is 11.3 Å². The number of thiophene rings is 1. The lowest BCUT2D eigenvalue weighted by atomic mass is 10.1. The number of aryl methyl sites for hydroxylation is 2. The standard InChI is InChI=1S/C15H15N5OS2/c1-9-18-19-13-3-2-11(6-20(9)13)16-14(21)12-8-23-15(17-12)10-4-5-22-7-10/h4-5,7-8,11H,2-3,6H2,1H3,(H,16,21)/t11-/m1/s1. The van der Waals surface area contributed by atoms with E-state index in [2.05, 4.69) is 25.1 Å². The van der Waals surface area contributed by atoms with Gasteiger partial charge in [-0.1, -0.05) is 0 Å². The van der Waals surface area contributed by atoms with Crippen molar-refractivity contribution in [3.8, 4) is 10.6 Å². The van der Waals surface area contributed by atoms with Crippen molar-refractivity contribution in [2.24, 2.45) is 0 Å². The Kier molecular flexibility index (Phi) is 3.70. The van der Waals surface area contributed by atoms with E-state index in [1.165, 1.54) is 11.3 Å². The Balaban J connectivity index is 1.46. The van der Waals surface area contributed by atoms with E-state index in [1.807, 2.05) is 29.1 Å². The van der Waals surface area contributed by atoms with Crippen molar-refractivity contribution in [2.45, 2.75) is 32.4 Å². The summed E-state index contributed by atoms with van der Waals surface area (Å²) in [7, 11) is 0. The maximum atomic E-state index is 12.4. The second-order valence-electron chi connectivity index (χ2n) is 5.53. The van der Waals surface area contributed by atoms with Gasteiger partial charge in [-0.25, -0.2) is 4.98 Å². The second-order valence-corrected chi connectivity index (χ2v) is 7.17. The van der Waals surface area contributed by atoms with Crippen molar-refractivity contribution < 1.29 is 4.79 Å². The molecule has 4 heterocycles. The first-order chi connectivity index (χ1) is 11.2. The number of hydrogen-bond acceptors (Lipinski definition) is 6. The van der Waals surface area contributed by atoms with Crippen LogP contribution in [0.15, 0.2) is 22.2 Å². The molecular weight excluding hydrogens is 330 g/mol. The van der Waals surface area contributed by atoms with Gasteiger partial charge in [-0.05, 0) is 24.8 Å². The first-order valence-electron chi connectivity index (χ1n) is 7.38. The molecule has 4 rings (SSSR count). The molecule has 23 heavy (non-hydrogen) atoms. The lowest BCUT2D eigenvalue weighted by Crippen LogP contribution is -2.41. The average molecular weight is 345 g/mol. The van der Waals surface area contributed by atoms with Gasteiger partial charge in [0.05, 0.1) is 0 Å². The topological polar surface area (TPSA) is 72.7 Å². The molecule has 0 saturated carbocycles. The zero-order chi connectivity index (χ0) is 15.8. The van der Waals surface area contributed by atoms with Crippen LogP contribution in [-0.2, 0) is 13.0 Å². The van der Waals surface area contributed by atoms with Crippen LogP contribution in [0.5, 0.6) is 0 Å². The average Bonchev–Trinajstić information content (AvgIpc) is 3.27. The fourth-order valence-corrected chi connectivity index (χ4v) is 4.25. The van der Waals surface area contributed by atoms with E-state index in [4.69, 9.17) is 0 Å². The van der Waals surface area contributed by atoms with Gasteiger partial charge in [0.15, 0.2) is 0 Å². The predicted octanol–water partition coefficient (Wildman–Crippen LogP) is 2.52. The van der Waals surface area contributed by atoms with Crippen LogP contribution in [0.2, 0.25) is 0 Å². The summed E-state index contributed by atoms with van der Waals surface area (Å²) >= 11 is 3.13. The molecule has 3 aromatic heterocycles. The first-order valence-corrected chi connectivity index (χ1v) is 9.20. The van der Waals surface area contributed by atoms with Crippen LogP contribution in [0, 0.1) is 6.92 Å². The van der Waals surface area contributed by atoms with Crippen LogP contribution in [0.1, 0.15) is 28.6 Å². The molecule has 0 bridgehead atoms. The lowest BCUT2D eigenvalue weighted by molar-refractivity contribution is 0.0923. The highest BCUT2D eigenvalue weighted by molar-refractivity contribution is 7.14. The van der Waals surface area contributed by atoms with Crippen LogP contribution in [-0.4, -0.2) is 31.7 Å². The van der Waals surface area contributed by atoms with Crippen LogP contribution in [0.4, 0.5) is 0 Å². The third-order valence-electron chi connectivity index (χ3n) is 3.97. The largest absolute Gasteiger partial charge is 0.346 e. The van der Waals surface area contributed by atoms with Gasteiger partial charge >= 0.3 is 0 Å². The minimum absolute atomic E-state index is 0.0935. The number of carbonyl (C=O) groups excluding carboxylic acids is 1. The van der Waals surface area contributed by atoms with Gasteiger partial charge in [-0.3, -0.25) is 4.79 Å². The number of carbonyl (C=O) groups is 1. The van der Waals surface area contributed by atoms with E-state index in [0.717, 1.165) is 41.6 Å². The van der Waals surface area contributed by atoms with Crippen molar-refractivity contribution in [1.82, 2.24) is 25.1 Å². The van der Waals surface area contributed by atoms with Crippen LogP contribution >= 0.6 is 22.7 Å². The Hall–Kier alpha value is -2.06. The highest BCUT2D eigenvalue weighted by Crippen LogP contribution is 2.25. The molecule has 1 aliphatic rings. The molecule has 0 spiro atoms. The van der Waals surface area contributed by atoms with Gasteiger partial charge in [-0.2, -0.15) is 11.3 Å². The molecule has 1 aliphatic heterocycles. The minimum Gasteiger partial charge on any atom is -0.346 e. The van der Waals surface area contributed by atoms with Gasteiger partial charge < -0.3 is 9.88 Å². The summed E-state index contributed by atoms with van der Waals surface area (Å²) < 4.78 is 2.08. The number of nitrogens with zero attached hydrogens (tertiary/aromatic N) is 4. The van der Waals surface area contributed by atoms with E-state index in [0.29, 0.717) is 5.69 Å². The summed E-state index contributed by atoms with van der Waals surface area (Å²) in [6.45, 7) is 2.66. The van der Waals surface area contributed by atoms with Gasteiger partial charge in [-0.15, -0.1) is 21.5 Å². The van der Waals surface area contributed by atoms with E-state index in [9.17, 15) is 4.79 Å². The molecule has 1 amide bonds. The summed E-state index contributed by atoms with van der Waals surface area (Å²) in [5.74, 6) is 1.79. The van der Waals surface area contributed by atoms with Crippen molar-refractivity contribution in [2.75, 3.05) is 0 Å². The SMILES string of the molecule is Cc1nnc2n1C[C@H](NC(=O)c1csc(-c3ccsc3)n1)CC2. The Labute approximate surface area is 141 Å². The van der Waals surface area contributed by atoms with Crippen molar-refractivity contribution in [3.05, 3.63) is 39.5 Å². The monoisotopic (exact) mass is 345 g/mol. The van der Waals surface area contributed by atoms with E-state index < -0.39 is 0 Å². The number of nitrogens with one attached hydrogen (secondary N) is 1. The Bertz CT molecular complexity index is 836. The molecule has 8 heteroatoms. The number of aromatic nitrogens is 4. The van der Waals surface area contributed by atoms with E-state index in [-0.39, 0.29) is 11.9 Å². The highest BCUT2D eigenvalue weighted by Gasteiger charge is 2.24. The van der Waals surface area contributed by atoms with Gasteiger partial charge in [0.1, 0.15) is 22.4 Å². The quantitative estimate of drug-likeness (QED) is 0.792. The molecular formula is C15H15N5OS2. The van der Waals surface area contributed by atoms with E-state index >= 15 is 0 Å². The zero-order valence-electron chi connectivity index (χ0n) is 12.5. The molecule has 1 atom stereocenters. The summed E-state index contributed by atoms with van der Waals surface area (Å²) in [5, 5.41) is 18.1. The van der Waals surface area contributed by atoms with Gasteiger partial charge in [0.2, 0.25) is 0 Å². The Morgan fingerprint density at radius 1 is 1.39 bits per heavy atom. The normalized spacial score (nSPS) is 17.0. The third-order valence-corrected chi connectivity index (χ3v) is 5.55. The van der Waals surface area contributed by atoms with Gasteiger partial charge in [0, 0.05) is 35.3 Å². The predicted molar refractivity (Wildman–Crippen MR) is 89.8 cm³/mol. The summed E-state index contributed by atoms with van der Waals surface area (Å²) in [4.78, 5) is 16.9. The molecule has 0 unspecified atom stereocenters. The number of fused-ring (bicyclic) bond motifs is 1. The summed E-state index contributed by atoms with van der Waals surface area (Å²) in [6, 6.07) is 2.11. The van der Waals surface area contributed by atoms with Crippen molar-refractivity contribution in [3.63, 3.8) is 0 Å². The fourth-order valence-electron chi connectivity index (χ4n) is 2.74. The second kappa shape index (κ2) is 5.86. The number of thiazole rings is 1. The zero-order valence-corrected chi connectivity index (χ0v) is 14.2. The molecule has 0 aromatic carbocycles. The smallest absolute Gasteiger partial charge is 0.271 e. The van der Waals surface area contributed by atoms with Crippen LogP contribution < -0.4 is 5.32 Å². The van der Waals surface area contributed by atoms with Crippen LogP contribution in [0.3, 0.4) is 0 Å². The number of rotatable bonds is 3. The van der Waals surface area contributed by atoms with Gasteiger partial charge in [0.25, 0.3) is 5.91 Å². The Morgan fingerprint density at radius 3 is 3.13 bits per heavy atom. The fraction of sp³-hybridized carbons (Fsp3) is 0.333. The molecule has 0 aliphatic carbocycles. The first kappa shape index (κ1) is 14.5. The number of hydrogen-bond donors (Lipinski definition) is 1. The molecule has 1 N–H and O–H groups in total. The molecule has 3 aromatic rings. The number of amides is 1. The summed E-state index contributed by atoms with van der Waals surface area (Å²) in [5.41, 5.74) is 1.56. The lowest BCUT2D eigenvalue weighted by Gasteiger charge is -2.24. The highest BCUT2D eigenvalue weighted by atomic mass is 32.1. The maximum Gasteiger partial charge on any atom is 0.271 e. The molecule has 6 nitrogen and oxygen atoms in total.